The molecule has 0 saturated carbocycles. The number of carbonyl (C=O) groups is 6. The molecular weight excluding hydrogens is 803 g/mol. The minimum Gasteiger partial charge on any atom is -0.384 e. The fraction of sp³-hybridized carbons (Fsp3) is 0.326. The highest BCUT2D eigenvalue weighted by Crippen LogP contribution is 2.37. The minimum atomic E-state index is -5.00. The smallest absolute Gasteiger partial charge is 0.384 e. The van der Waals surface area contributed by atoms with Gasteiger partial charge in [0.15, 0.2) is 5.78 Å². The van der Waals surface area contributed by atoms with Crippen molar-refractivity contribution in [1.82, 2.24) is 20.1 Å². The van der Waals surface area contributed by atoms with Gasteiger partial charge in [-0.3, -0.25) is 48.7 Å². The Labute approximate surface area is 346 Å². The Morgan fingerprint density at radius 2 is 1.62 bits per heavy atom. The van der Waals surface area contributed by atoms with Crippen LogP contribution in [0.1, 0.15) is 86.5 Å². The van der Waals surface area contributed by atoms with Crippen molar-refractivity contribution in [2.45, 2.75) is 63.8 Å². The molecule has 61 heavy (non-hydrogen) atoms. The molecule has 4 N–H and O–H groups in total. The number of H-pyrrole nitrogens is 1. The predicted octanol–water partition coefficient (Wildman–Crippen LogP) is 5.46. The van der Waals surface area contributed by atoms with Crippen molar-refractivity contribution >= 4 is 52.4 Å². The maximum atomic E-state index is 15.9. The highest BCUT2D eigenvalue weighted by Gasteiger charge is 2.45. The number of halogens is 4. The zero-order chi connectivity index (χ0) is 43.9. The summed E-state index contributed by atoms with van der Waals surface area (Å²) in [5.41, 5.74) is -1.75. The van der Waals surface area contributed by atoms with Gasteiger partial charge in [-0.1, -0.05) is 24.3 Å². The van der Waals surface area contributed by atoms with Crippen LogP contribution in [0.4, 0.5) is 34.6 Å². The van der Waals surface area contributed by atoms with Crippen molar-refractivity contribution in [2.24, 2.45) is 0 Å². The van der Waals surface area contributed by atoms with Crippen molar-refractivity contribution in [3.8, 4) is 11.1 Å². The molecule has 0 radical (unpaired) electrons. The number of imide groups is 2. The number of aromatic nitrogens is 1. The molecule has 0 aliphatic carbocycles. The van der Waals surface area contributed by atoms with E-state index in [1.807, 2.05) is 25.8 Å². The number of nitrogens with one attached hydrogen (secondary N) is 4. The number of piperidine rings is 1. The van der Waals surface area contributed by atoms with Crippen LogP contribution in [0, 0.1) is 5.82 Å². The summed E-state index contributed by atoms with van der Waals surface area (Å²) in [5.74, 6) is -4.83. The SMILES string of the molecule is C[C@@H]1CN(c2ccc(-c3ccc(C(=O)CCCNc4cccc5c4C(=O)N(C4CCC(=O)NC4=O)C5=O)cc3F)cc2NC(=O)c2c[nH]c(=O)cc2C(F)(F)F)C[C@H](C)N1C. The second-order valence-corrected chi connectivity index (χ2v) is 15.4. The van der Waals surface area contributed by atoms with Crippen LogP contribution < -0.4 is 26.4 Å². The molecule has 3 aliphatic heterocycles. The lowest BCUT2D eigenvalue weighted by Gasteiger charge is -2.44. The van der Waals surface area contributed by atoms with E-state index in [-0.39, 0.29) is 83.6 Å². The predicted molar refractivity (Wildman–Crippen MR) is 216 cm³/mol. The van der Waals surface area contributed by atoms with Gasteiger partial charge in [-0.25, -0.2) is 4.39 Å². The summed E-state index contributed by atoms with van der Waals surface area (Å²) in [6.07, 6.45) is -4.07. The molecule has 18 heteroatoms. The average Bonchev–Trinajstić information content (AvgIpc) is 3.46. The molecule has 7 rings (SSSR count). The third-order valence-corrected chi connectivity index (χ3v) is 11.4. The van der Waals surface area contributed by atoms with Gasteiger partial charge < -0.3 is 20.5 Å². The molecule has 3 atom stereocenters. The topological polar surface area (TPSA) is 181 Å². The van der Waals surface area contributed by atoms with E-state index < -0.39 is 64.3 Å². The largest absolute Gasteiger partial charge is 0.417 e. The lowest BCUT2D eigenvalue weighted by Crippen LogP contribution is -2.55. The fourth-order valence-corrected chi connectivity index (χ4v) is 7.97. The second-order valence-electron chi connectivity index (χ2n) is 15.4. The van der Waals surface area contributed by atoms with Crippen molar-refractivity contribution < 1.29 is 46.3 Å². The Hall–Kier alpha value is -6.69. The van der Waals surface area contributed by atoms with Crippen LogP contribution in [-0.2, 0) is 15.8 Å². The number of pyridine rings is 1. The molecular formula is C43H41F4N7O7. The first-order chi connectivity index (χ1) is 28.9. The summed E-state index contributed by atoms with van der Waals surface area (Å²) < 4.78 is 57.5. The van der Waals surface area contributed by atoms with E-state index in [1.54, 1.807) is 24.3 Å². The molecule has 0 bridgehead atoms. The number of amides is 5. The van der Waals surface area contributed by atoms with Gasteiger partial charge in [0, 0.05) is 73.6 Å². The van der Waals surface area contributed by atoms with E-state index in [4.69, 9.17) is 0 Å². The van der Waals surface area contributed by atoms with Crippen LogP contribution >= 0.6 is 0 Å². The van der Waals surface area contributed by atoms with E-state index in [9.17, 15) is 46.7 Å². The van der Waals surface area contributed by atoms with Gasteiger partial charge in [0.1, 0.15) is 11.9 Å². The number of carbonyl (C=O) groups excluding carboxylic acids is 6. The zero-order valence-corrected chi connectivity index (χ0v) is 33.2. The first-order valence-corrected chi connectivity index (χ1v) is 19.6. The maximum Gasteiger partial charge on any atom is 0.417 e. The monoisotopic (exact) mass is 843 g/mol. The quantitative estimate of drug-likeness (QED) is 0.0656. The summed E-state index contributed by atoms with van der Waals surface area (Å²) in [5, 5.41) is 7.80. The van der Waals surface area contributed by atoms with Crippen LogP contribution in [0.3, 0.4) is 0 Å². The Morgan fingerprint density at radius 3 is 2.31 bits per heavy atom. The molecule has 4 heterocycles. The molecule has 0 spiro atoms. The normalized spacial score (nSPS) is 19.5. The summed E-state index contributed by atoms with van der Waals surface area (Å²) in [6, 6.07) is 12.6. The van der Waals surface area contributed by atoms with E-state index in [0.717, 1.165) is 11.0 Å². The van der Waals surface area contributed by atoms with E-state index in [2.05, 4.69) is 25.8 Å². The lowest BCUT2D eigenvalue weighted by atomic mass is 9.98. The van der Waals surface area contributed by atoms with Crippen LogP contribution in [0.25, 0.3) is 11.1 Å². The zero-order valence-electron chi connectivity index (χ0n) is 33.2. The third kappa shape index (κ3) is 8.52. The molecule has 2 fully saturated rings. The van der Waals surface area contributed by atoms with E-state index in [1.165, 1.54) is 24.3 Å². The van der Waals surface area contributed by atoms with Crippen molar-refractivity contribution in [3.05, 3.63) is 111 Å². The summed E-state index contributed by atoms with van der Waals surface area (Å²) >= 11 is 0. The Balaban J connectivity index is 1.06. The number of fused-ring (bicyclic) bond motifs is 1. The molecule has 14 nitrogen and oxygen atoms in total. The van der Waals surface area contributed by atoms with Gasteiger partial charge in [-0.15, -0.1) is 0 Å². The average molecular weight is 844 g/mol. The highest BCUT2D eigenvalue weighted by atomic mass is 19.4. The van der Waals surface area contributed by atoms with E-state index >= 15 is 4.39 Å². The second kappa shape index (κ2) is 16.8. The van der Waals surface area contributed by atoms with E-state index in [0.29, 0.717) is 36.7 Å². The molecule has 1 unspecified atom stereocenters. The van der Waals surface area contributed by atoms with Crippen LogP contribution in [0.2, 0.25) is 0 Å². The number of rotatable bonds is 11. The van der Waals surface area contributed by atoms with Crippen LogP contribution in [-0.4, -0.2) is 94.9 Å². The Morgan fingerprint density at radius 1 is 0.885 bits per heavy atom. The van der Waals surface area contributed by atoms with Crippen LogP contribution in [0.5, 0.6) is 0 Å². The summed E-state index contributed by atoms with van der Waals surface area (Å²) in [7, 11) is 1.98. The number of alkyl halides is 3. The number of aromatic amines is 1. The van der Waals surface area contributed by atoms with Crippen LogP contribution in [0.15, 0.2) is 71.7 Å². The number of Topliss-reactive ketones (excluding diaryl/α,β-unsaturated/α-hetero) is 1. The number of anilines is 3. The highest BCUT2D eigenvalue weighted by molar-refractivity contribution is 6.25. The number of piperazine rings is 1. The Kier molecular flexibility index (Phi) is 11.7. The fourth-order valence-electron chi connectivity index (χ4n) is 7.97. The molecule has 4 aromatic rings. The first-order valence-electron chi connectivity index (χ1n) is 19.6. The number of likely N-dealkylation sites (N-methyl/N-ethyl adjacent to an activating group) is 1. The number of hydrogen-bond donors (Lipinski definition) is 4. The molecule has 1 aromatic heterocycles. The Bertz CT molecular complexity index is 2530. The third-order valence-electron chi connectivity index (χ3n) is 11.4. The number of ketones is 1. The summed E-state index contributed by atoms with van der Waals surface area (Å²) in [4.78, 5) is 96.2. The maximum absolute atomic E-state index is 15.9. The number of nitrogens with zero attached hydrogens (tertiary/aromatic N) is 3. The summed E-state index contributed by atoms with van der Waals surface area (Å²) in [6.45, 7) is 5.26. The minimum absolute atomic E-state index is 0.0123. The van der Waals surface area contributed by atoms with Gasteiger partial charge in [0.25, 0.3) is 17.7 Å². The molecule has 2 saturated heterocycles. The van der Waals surface area contributed by atoms with Gasteiger partial charge in [0.05, 0.1) is 33.6 Å². The van der Waals surface area contributed by atoms with Crippen molar-refractivity contribution in [3.63, 3.8) is 0 Å². The first kappa shape index (κ1) is 42.4. The van der Waals surface area contributed by atoms with Gasteiger partial charge >= 0.3 is 6.18 Å². The molecule has 5 amide bonds. The molecule has 3 aromatic carbocycles. The molecule has 3 aliphatic rings. The number of benzene rings is 3. The van der Waals surface area contributed by atoms with Crippen molar-refractivity contribution in [1.29, 1.82) is 0 Å². The molecule has 318 valence electrons. The lowest BCUT2D eigenvalue weighted by molar-refractivity contribution is -0.138. The number of hydrogen-bond acceptors (Lipinski definition) is 10. The van der Waals surface area contributed by atoms with Gasteiger partial charge in [-0.05, 0) is 69.6 Å². The standard InChI is InChI=1S/C43H41F4N7O7/c1-22-20-53(21-23(2)52(22)3)33-12-10-24(17-32(33)50-39(58)28-19-49-37(57)18-29(28)43(45,46)47)26-11-9-25(16-30(26)44)35(55)8-5-15-48-31-7-4-6-27-38(31)42(61)54(41(27)60)34-13-14-36(56)51-40(34)59/h4,6-7,9-12,16-19,22-23,34,48H,5,8,13-15,20-21H2,1-3H3,(H,49,57)(H,50,58)(H,51,56,59)/t22-,23+,34?. The van der Waals surface area contributed by atoms with Crippen molar-refractivity contribution in [2.75, 3.05) is 42.2 Å². The van der Waals surface area contributed by atoms with Gasteiger partial charge in [0.2, 0.25) is 17.4 Å². The van der Waals surface area contributed by atoms with Gasteiger partial charge in [-0.2, -0.15) is 13.2 Å².